The van der Waals surface area contributed by atoms with Crippen molar-refractivity contribution in [2.24, 2.45) is 4.99 Å². The van der Waals surface area contributed by atoms with Crippen LogP contribution in [-0.2, 0) is 5.60 Å². The van der Waals surface area contributed by atoms with Gasteiger partial charge in [0.1, 0.15) is 11.4 Å². The van der Waals surface area contributed by atoms with Crippen molar-refractivity contribution in [3.05, 3.63) is 24.2 Å². The topological polar surface area (TPSA) is 73.0 Å². The summed E-state index contributed by atoms with van der Waals surface area (Å²) in [5.74, 6) is 3.78. The van der Waals surface area contributed by atoms with Crippen molar-refractivity contribution in [1.29, 1.82) is 0 Å². The van der Waals surface area contributed by atoms with Gasteiger partial charge in [-0.05, 0) is 38.8 Å². The molecule has 152 valence electrons. The van der Waals surface area contributed by atoms with Gasteiger partial charge in [-0.3, -0.25) is 4.90 Å². The average molecular weight is 395 g/mol. The molecule has 0 aromatic carbocycles. The van der Waals surface area contributed by atoms with E-state index in [2.05, 4.69) is 39.2 Å². The highest BCUT2D eigenvalue weighted by Gasteiger charge is 2.40. The lowest BCUT2D eigenvalue weighted by molar-refractivity contribution is 0.0436. The summed E-state index contributed by atoms with van der Waals surface area (Å²) >= 11 is 2.06. The Hall–Kier alpha value is -1.18. The maximum atomic E-state index is 10.7. The number of hydrogen-bond donors (Lipinski definition) is 3. The second-order valence-corrected chi connectivity index (χ2v) is 9.06. The minimum Gasteiger partial charge on any atom is -0.466 e. The van der Waals surface area contributed by atoms with Crippen molar-refractivity contribution >= 4 is 17.7 Å². The number of guanidine groups is 1. The fraction of sp³-hybridized carbons (Fsp3) is 0.750. The van der Waals surface area contributed by atoms with Crippen molar-refractivity contribution in [2.45, 2.75) is 50.7 Å². The van der Waals surface area contributed by atoms with Gasteiger partial charge in [0.25, 0.3) is 0 Å². The number of hydrogen-bond acceptors (Lipinski definition) is 5. The third-order valence-corrected chi connectivity index (χ3v) is 6.68. The van der Waals surface area contributed by atoms with E-state index in [1.54, 1.807) is 25.3 Å². The number of thioether (sulfide) groups is 1. The van der Waals surface area contributed by atoms with Crippen LogP contribution in [0.2, 0.25) is 0 Å². The van der Waals surface area contributed by atoms with E-state index in [0.29, 0.717) is 5.76 Å². The predicted octanol–water partition coefficient (Wildman–Crippen LogP) is 2.40. The van der Waals surface area contributed by atoms with Crippen LogP contribution < -0.4 is 10.6 Å². The lowest BCUT2D eigenvalue weighted by Gasteiger charge is -2.43. The second kappa shape index (κ2) is 9.34. The molecule has 0 amide bonds. The highest BCUT2D eigenvalue weighted by Crippen LogP contribution is 2.36. The minimum atomic E-state index is -1.11. The van der Waals surface area contributed by atoms with E-state index in [9.17, 15) is 5.11 Å². The Balaban J connectivity index is 1.64. The van der Waals surface area contributed by atoms with E-state index in [1.165, 1.54) is 50.3 Å². The fourth-order valence-corrected chi connectivity index (χ4v) is 5.06. The molecule has 1 aliphatic carbocycles. The molecule has 1 unspecified atom stereocenters. The van der Waals surface area contributed by atoms with Gasteiger partial charge < -0.3 is 20.2 Å². The first kappa shape index (κ1) is 20.6. The Kier molecular flexibility index (Phi) is 7.11. The molecule has 2 heterocycles. The first-order valence-corrected chi connectivity index (χ1v) is 11.3. The summed E-state index contributed by atoms with van der Waals surface area (Å²) in [7, 11) is 0. The van der Waals surface area contributed by atoms with Crippen molar-refractivity contribution in [3.63, 3.8) is 0 Å². The summed E-state index contributed by atoms with van der Waals surface area (Å²) in [5.41, 5.74) is -0.859. The maximum absolute atomic E-state index is 10.7. The van der Waals surface area contributed by atoms with Gasteiger partial charge in [-0.25, -0.2) is 4.99 Å². The van der Waals surface area contributed by atoms with E-state index < -0.39 is 5.60 Å². The summed E-state index contributed by atoms with van der Waals surface area (Å²) in [6, 6.07) is 3.58. The standard InChI is InChI=1S/C20H34N4O2S/c1-3-21-18(22-15-19(2,25)17-7-6-12-26-17)23-16-20(8-4-5-9-20)24-10-13-27-14-11-24/h6-7,12,25H,3-5,8-11,13-16H2,1-2H3,(H2,21,22,23). The summed E-state index contributed by atoms with van der Waals surface area (Å²) in [6.45, 7) is 8.13. The third-order valence-electron chi connectivity index (χ3n) is 5.74. The van der Waals surface area contributed by atoms with Crippen LogP contribution in [0.3, 0.4) is 0 Å². The first-order chi connectivity index (χ1) is 13.1. The molecule has 1 aliphatic heterocycles. The van der Waals surface area contributed by atoms with E-state index in [1.807, 2.05) is 0 Å². The Bertz CT molecular complexity index is 591. The van der Waals surface area contributed by atoms with Crippen molar-refractivity contribution < 1.29 is 9.52 Å². The SMILES string of the molecule is CCNC(=NCC(C)(O)c1ccco1)NCC1(N2CCSCC2)CCCC1. The molecule has 1 saturated heterocycles. The number of nitrogens with zero attached hydrogens (tertiary/aromatic N) is 2. The molecule has 3 rings (SSSR count). The number of aliphatic imine (C=N–C) groups is 1. The van der Waals surface area contributed by atoms with Gasteiger partial charge in [0.15, 0.2) is 5.96 Å². The molecular formula is C20H34N4O2S. The predicted molar refractivity (Wildman–Crippen MR) is 112 cm³/mol. The second-order valence-electron chi connectivity index (χ2n) is 7.83. The number of aliphatic hydroxyl groups is 1. The minimum absolute atomic E-state index is 0.251. The molecule has 2 fully saturated rings. The first-order valence-electron chi connectivity index (χ1n) is 10.2. The maximum Gasteiger partial charge on any atom is 0.191 e. The molecule has 1 saturated carbocycles. The third kappa shape index (κ3) is 5.21. The van der Waals surface area contributed by atoms with E-state index in [0.717, 1.165) is 19.0 Å². The molecule has 1 aromatic rings. The molecule has 0 radical (unpaired) electrons. The average Bonchev–Trinajstić information content (AvgIpc) is 3.38. The monoisotopic (exact) mass is 394 g/mol. The molecule has 0 spiro atoms. The van der Waals surface area contributed by atoms with Crippen LogP contribution in [0.5, 0.6) is 0 Å². The van der Waals surface area contributed by atoms with Gasteiger partial charge in [0.05, 0.1) is 12.8 Å². The van der Waals surface area contributed by atoms with Gasteiger partial charge in [0.2, 0.25) is 0 Å². The molecule has 2 aliphatic rings. The molecule has 27 heavy (non-hydrogen) atoms. The molecule has 1 atom stereocenters. The molecule has 7 heteroatoms. The quantitative estimate of drug-likeness (QED) is 0.487. The molecule has 6 nitrogen and oxygen atoms in total. The van der Waals surface area contributed by atoms with Gasteiger partial charge in [-0.2, -0.15) is 11.8 Å². The van der Waals surface area contributed by atoms with Gasteiger partial charge in [0, 0.05) is 43.2 Å². The molecular weight excluding hydrogens is 360 g/mol. The zero-order chi connectivity index (χ0) is 19.2. The van der Waals surface area contributed by atoms with Crippen molar-refractivity contribution in [2.75, 3.05) is 44.2 Å². The summed E-state index contributed by atoms with van der Waals surface area (Å²) in [5, 5.41) is 17.5. The van der Waals surface area contributed by atoms with Gasteiger partial charge in [-0.15, -0.1) is 0 Å². The zero-order valence-electron chi connectivity index (χ0n) is 16.7. The highest BCUT2D eigenvalue weighted by molar-refractivity contribution is 7.99. The van der Waals surface area contributed by atoms with Crippen LogP contribution in [-0.4, -0.2) is 65.7 Å². The van der Waals surface area contributed by atoms with Crippen LogP contribution >= 0.6 is 11.8 Å². The smallest absolute Gasteiger partial charge is 0.191 e. The Morgan fingerprint density at radius 3 is 2.70 bits per heavy atom. The van der Waals surface area contributed by atoms with E-state index in [4.69, 9.17) is 4.42 Å². The number of rotatable bonds is 7. The fourth-order valence-electron chi connectivity index (χ4n) is 4.16. The normalized spacial score (nSPS) is 23.1. The van der Waals surface area contributed by atoms with Crippen molar-refractivity contribution in [3.8, 4) is 0 Å². The van der Waals surface area contributed by atoms with E-state index in [-0.39, 0.29) is 12.1 Å². The van der Waals surface area contributed by atoms with Crippen molar-refractivity contribution in [1.82, 2.24) is 15.5 Å². The zero-order valence-corrected chi connectivity index (χ0v) is 17.5. The van der Waals surface area contributed by atoms with Crippen LogP contribution in [0.4, 0.5) is 0 Å². The van der Waals surface area contributed by atoms with Gasteiger partial charge in [-0.1, -0.05) is 12.8 Å². The van der Waals surface area contributed by atoms with E-state index >= 15 is 0 Å². The lowest BCUT2D eigenvalue weighted by Crippen LogP contribution is -2.57. The summed E-state index contributed by atoms with van der Waals surface area (Å²) in [6.07, 6.45) is 6.72. The largest absolute Gasteiger partial charge is 0.466 e. The van der Waals surface area contributed by atoms with Gasteiger partial charge >= 0.3 is 0 Å². The Labute approximate surface area is 167 Å². The molecule has 0 bridgehead atoms. The molecule has 1 aromatic heterocycles. The van der Waals surface area contributed by atoms with Crippen LogP contribution in [0.1, 0.15) is 45.3 Å². The summed E-state index contributed by atoms with van der Waals surface area (Å²) in [4.78, 5) is 7.34. The lowest BCUT2D eigenvalue weighted by atomic mass is 9.94. The number of furan rings is 1. The van der Waals surface area contributed by atoms with Crippen LogP contribution in [0.25, 0.3) is 0 Å². The summed E-state index contributed by atoms with van der Waals surface area (Å²) < 4.78 is 5.36. The number of nitrogens with one attached hydrogen (secondary N) is 2. The Morgan fingerprint density at radius 2 is 2.07 bits per heavy atom. The highest BCUT2D eigenvalue weighted by atomic mass is 32.2. The van der Waals surface area contributed by atoms with Crippen LogP contribution in [0.15, 0.2) is 27.8 Å². The molecule has 3 N–H and O–H groups in total. The Morgan fingerprint density at radius 1 is 1.33 bits per heavy atom. The van der Waals surface area contributed by atoms with Crippen LogP contribution in [0, 0.1) is 0 Å².